The monoisotopic (exact) mass is 337 g/mol. The quantitative estimate of drug-likeness (QED) is 0.790. The van der Waals surface area contributed by atoms with Crippen molar-refractivity contribution in [3.8, 4) is 0 Å². The number of anilines is 1. The first-order valence-electron chi connectivity index (χ1n) is 6.06. The Bertz CT molecular complexity index is 649. The van der Waals surface area contributed by atoms with Gasteiger partial charge >= 0.3 is 0 Å². The van der Waals surface area contributed by atoms with E-state index in [1.54, 1.807) is 13.8 Å². The highest BCUT2D eigenvalue weighted by Crippen LogP contribution is 2.27. The molecule has 0 bridgehead atoms. The molecule has 1 rings (SSSR count). The van der Waals surface area contributed by atoms with Crippen LogP contribution in [-0.4, -0.2) is 38.3 Å². The fourth-order valence-corrected chi connectivity index (χ4v) is 3.12. The number of nitrogens with zero attached hydrogens (tertiary/aromatic N) is 1. The van der Waals surface area contributed by atoms with Crippen LogP contribution in [0.4, 0.5) is 10.1 Å². The van der Waals surface area contributed by atoms with Crippen molar-refractivity contribution in [2.24, 2.45) is 0 Å². The predicted octanol–water partition coefficient (Wildman–Crippen LogP) is 1.21. The number of hydrogen-bond donors (Lipinski definition) is 2. The predicted molar refractivity (Wildman–Crippen MR) is 78.9 cm³/mol. The van der Waals surface area contributed by atoms with Crippen molar-refractivity contribution in [2.75, 3.05) is 19.3 Å². The highest BCUT2D eigenvalue weighted by Gasteiger charge is 2.28. The molecule has 0 aliphatic rings. The molecular formula is C12H17ClFN3O3S. The lowest BCUT2D eigenvalue weighted by Gasteiger charge is -2.18. The van der Waals surface area contributed by atoms with Crippen molar-refractivity contribution in [3.63, 3.8) is 0 Å². The number of nitrogen functional groups attached to an aromatic ring is 1. The van der Waals surface area contributed by atoms with Gasteiger partial charge in [-0.3, -0.25) is 4.79 Å². The van der Waals surface area contributed by atoms with Crippen LogP contribution in [0.2, 0.25) is 5.02 Å². The highest BCUT2D eigenvalue weighted by atomic mass is 35.5. The maximum atomic E-state index is 13.9. The Hall–Kier alpha value is -1.38. The summed E-state index contributed by atoms with van der Waals surface area (Å²) in [6, 6.07) is 1.95. The van der Waals surface area contributed by atoms with E-state index in [0.717, 1.165) is 16.4 Å². The number of halogens is 2. The molecule has 0 unspecified atom stereocenters. The third-order valence-electron chi connectivity index (χ3n) is 2.52. The van der Waals surface area contributed by atoms with E-state index in [9.17, 15) is 17.6 Å². The van der Waals surface area contributed by atoms with E-state index in [4.69, 9.17) is 17.3 Å². The molecule has 3 N–H and O–H groups in total. The molecule has 6 nitrogen and oxygen atoms in total. The summed E-state index contributed by atoms with van der Waals surface area (Å²) in [6.07, 6.45) is 0. The normalized spacial score (nSPS) is 12.0. The zero-order chi connectivity index (χ0) is 16.4. The minimum atomic E-state index is -4.21. The SMILES string of the molecule is CC(C)NC(=O)CN(C)S(=O)(=O)c1cc(N)cc(Cl)c1F. The van der Waals surface area contributed by atoms with Gasteiger partial charge in [0.1, 0.15) is 4.90 Å². The van der Waals surface area contributed by atoms with Gasteiger partial charge < -0.3 is 11.1 Å². The van der Waals surface area contributed by atoms with Gasteiger partial charge in [0.15, 0.2) is 5.82 Å². The lowest BCUT2D eigenvalue weighted by molar-refractivity contribution is -0.121. The molecule has 0 heterocycles. The number of carbonyl (C=O) groups is 1. The third-order valence-corrected chi connectivity index (χ3v) is 4.60. The number of amides is 1. The van der Waals surface area contributed by atoms with Crippen LogP contribution in [0.25, 0.3) is 0 Å². The van der Waals surface area contributed by atoms with Crippen molar-refractivity contribution in [1.82, 2.24) is 9.62 Å². The van der Waals surface area contributed by atoms with Gasteiger partial charge in [-0.2, -0.15) is 4.31 Å². The molecule has 0 saturated heterocycles. The van der Waals surface area contributed by atoms with Gasteiger partial charge in [-0.15, -0.1) is 0 Å². The summed E-state index contributed by atoms with van der Waals surface area (Å²) in [6.45, 7) is 3.04. The zero-order valence-electron chi connectivity index (χ0n) is 11.9. The average molecular weight is 338 g/mol. The van der Waals surface area contributed by atoms with Crippen LogP contribution < -0.4 is 11.1 Å². The maximum absolute atomic E-state index is 13.9. The van der Waals surface area contributed by atoms with Crippen molar-refractivity contribution >= 4 is 33.2 Å². The topological polar surface area (TPSA) is 92.5 Å². The summed E-state index contributed by atoms with van der Waals surface area (Å²) in [5.41, 5.74) is 5.49. The largest absolute Gasteiger partial charge is 0.399 e. The van der Waals surface area contributed by atoms with E-state index in [-0.39, 0.29) is 11.7 Å². The fraction of sp³-hybridized carbons (Fsp3) is 0.417. The van der Waals surface area contributed by atoms with E-state index in [2.05, 4.69) is 5.32 Å². The summed E-state index contributed by atoms with van der Waals surface area (Å²) >= 11 is 5.59. The number of nitrogens with one attached hydrogen (secondary N) is 1. The number of sulfonamides is 1. The van der Waals surface area contributed by atoms with E-state index >= 15 is 0 Å². The number of nitrogens with two attached hydrogens (primary N) is 1. The van der Waals surface area contributed by atoms with Crippen LogP contribution >= 0.6 is 11.6 Å². The smallest absolute Gasteiger partial charge is 0.246 e. The third kappa shape index (κ3) is 4.29. The van der Waals surface area contributed by atoms with Gasteiger partial charge in [-0.05, 0) is 26.0 Å². The molecule has 0 saturated carbocycles. The van der Waals surface area contributed by atoms with E-state index in [1.165, 1.54) is 7.05 Å². The van der Waals surface area contributed by atoms with Crippen LogP contribution in [0.3, 0.4) is 0 Å². The van der Waals surface area contributed by atoms with Gasteiger partial charge in [-0.1, -0.05) is 11.6 Å². The molecule has 0 aliphatic carbocycles. The lowest BCUT2D eigenvalue weighted by atomic mass is 10.3. The van der Waals surface area contributed by atoms with Gasteiger partial charge in [0.05, 0.1) is 11.6 Å². The Morgan fingerprint density at radius 2 is 2.05 bits per heavy atom. The first-order valence-corrected chi connectivity index (χ1v) is 7.87. The van der Waals surface area contributed by atoms with Crippen molar-refractivity contribution in [1.29, 1.82) is 0 Å². The second kappa shape index (κ2) is 6.59. The molecule has 1 aromatic carbocycles. The van der Waals surface area contributed by atoms with Gasteiger partial charge in [-0.25, -0.2) is 12.8 Å². The second-order valence-corrected chi connectivity index (χ2v) is 7.22. The van der Waals surface area contributed by atoms with Crippen LogP contribution in [0.5, 0.6) is 0 Å². The van der Waals surface area contributed by atoms with E-state index < -0.39 is 38.2 Å². The molecule has 9 heteroatoms. The van der Waals surface area contributed by atoms with Crippen LogP contribution in [0.1, 0.15) is 13.8 Å². The second-order valence-electron chi connectivity index (χ2n) is 4.80. The van der Waals surface area contributed by atoms with Crippen LogP contribution in [0, 0.1) is 5.82 Å². The first-order chi connectivity index (χ1) is 9.55. The zero-order valence-corrected chi connectivity index (χ0v) is 13.4. The molecule has 0 spiro atoms. The maximum Gasteiger partial charge on any atom is 0.246 e. The molecule has 1 aromatic rings. The number of rotatable bonds is 5. The minimum absolute atomic E-state index is 0.0139. The van der Waals surface area contributed by atoms with Crippen molar-refractivity contribution in [2.45, 2.75) is 24.8 Å². The van der Waals surface area contributed by atoms with Gasteiger partial charge in [0, 0.05) is 18.8 Å². The van der Waals surface area contributed by atoms with E-state index in [0.29, 0.717) is 0 Å². The molecule has 0 aliphatic heterocycles. The average Bonchev–Trinajstić information content (AvgIpc) is 2.32. The Labute approximate surface area is 128 Å². The standard InChI is InChI=1S/C12H17ClFN3O3S/c1-7(2)16-11(18)6-17(3)21(19,20)10-5-8(15)4-9(13)12(10)14/h4-5,7H,6,15H2,1-3H3,(H,16,18). The Morgan fingerprint density at radius 1 is 1.48 bits per heavy atom. The molecule has 0 aromatic heterocycles. The number of hydrogen-bond acceptors (Lipinski definition) is 4. The summed E-state index contributed by atoms with van der Waals surface area (Å²) in [7, 11) is -3.04. The molecule has 0 atom stereocenters. The first kappa shape index (κ1) is 17.7. The molecular weight excluding hydrogens is 321 g/mol. The molecule has 118 valence electrons. The van der Waals surface area contributed by atoms with Crippen LogP contribution in [0.15, 0.2) is 17.0 Å². The van der Waals surface area contributed by atoms with Gasteiger partial charge in [0.25, 0.3) is 0 Å². The summed E-state index contributed by atoms with van der Waals surface area (Å²) in [4.78, 5) is 10.9. The summed E-state index contributed by atoms with van der Waals surface area (Å²) in [5.74, 6) is -1.59. The lowest BCUT2D eigenvalue weighted by Crippen LogP contribution is -2.41. The number of benzene rings is 1. The Balaban J connectivity index is 3.09. The van der Waals surface area contributed by atoms with Crippen molar-refractivity contribution in [3.05, 3.63) is 23.0 Å². The Morgan fingerprint density at radius 3 is 2.57 bits per heavy atom. The molecule has 1 amide bonds. The van der Waals surface area contributed by atoms with Crippen molar-refractivity contribution < 1.29 is 17.6 Å². The number of carbonyl (C=O) groups excluding carboxylic acids is 1. The molecule has 21 heavy (non-hydrogen) atoms. The number of likely N-dealkylation sites (N-methyl/N-ethyl adjacent to an activating group) is 1. The highest BCUT2D eigenvalue weighted by molar-refractivity contribution is 7.89. The molecule has 0 fully saturated rings. The van der Waals surface area contributed by atoms with Crippen LogP contribution in [-0.2, 0) is 14.8 Å². The van der Waals surface area contributed by atoms with E-state index in [1.807, 2.05) is 0 Å². The Kier molecular flexibility index (Phi) is 5.54. The summed E-state index contributed by atoms with van der Waals surface area (Å²) < 4.78 is 39.2. The summed E-state index contributed by atoms with van der Waals surface area (Å²) in [5, 5.41) is 2.15. The molecule has 0 radical (unpaired) electrons. The van der Waals surface area contributed by atoms with Gasteiger partial charge in [0.2, 0.25) is 15.9 Å². The minimum Gasteiger partial charge on any atom is -0.399 e. The fourth-order valence-electron chi connectivity index (χ4n) is 1.59.